The Morgan fingerprint density at radius 2 is 2.12 bits per heavy atom. The van der Waals surface area contributed by atoms with Gasteiger partial charge in [0.1, 0.15) is 5.69 Å². The molecule has 1 atom stereocenters. The highest BCUT2D eigenvalue weighted by Crippen LogP contribution is 2.29. The number of ether oxygens (including phenoxy) is 1. The van der Waals surface area contributed by atoms with Crippen molar-refractivity contribution in [2.24, 2.45) is 0 Å². The molecular formula is C30H29F3N6O2. The first-order chi connectivity index (χ1) is 19.7. The minimum atomic E-state index is -4.47. The highest BCUT2D eigenvalue weighted by atomic mass is 19.4. The molecule has 41 heavy (non-hydrogen) atoms. The molecule has 0 aliphatic heterocycles. The minimum Gasteiger partial charge on any atom is -0.387 e. The van der Waals surface area contributed by atoms with Crippen LogP contribution in [-0.2, 0) is 4.74 Å². The SMILES string of the molecule is COCCN/C=C(\C=N)Nc1cccn2c(C#Cc3cc(C(=O)NC4C=C(C(F)(F)F)C=CC4)ccc3C)cnc12. The van der Waals surface area contributed by atoms with Crippen LogP contribution in [0.4, 0.5) is 18.9 Å². The molecule has 1 aliphatic rings. The van der Waals surface area contributed by atoms with Crippen LogP contribution in [0.5, 0.6) is 0 Å². The minimum absolute atomic E-state index is 0.274. The Hall–Kier alpha value is -4.82. The van der Waals surface area contributed by atoms with E-state index < -0.39 is 23.7 Å². The number of halogens is 3. The molecule has 0 spiro atoms. The summed E-state index contributed by atoms with van der Waals surface area (Å²) < 4.78 is 46.0. The summed E-state index contributed by atoms with van der Waals surface area (Å²) in [5, 5.41) is 16.6. The summed E-state index contributed by atoms with van der Waals surface area (Å²) >= 11 is 0. The molecule has 2 aromatic heterocycles. The lowest BCUT2D eigenvalue weighted by molar-refractivity contribution is -0.0887. The zero-order valence-corrected chi connectivity index (χ0v) is 22.5. The van der Waals surface area contributed by atoms with Gasteiger partial charge in [-0.05, 0) is 55.2 Å². The fourth-order valence-corrected chi connectivity index (χ4v) is 4.07. The number of carbonyl (C=O) groups excluding carboxylic acids is 1. The second-order valence-electron chi connectivity index (χ2n) is 9.19. The maximum atomic E-state index is 13.1. The number of alkyl halides is 3. The van der Waals surface area contributed by atoms with Crippen molar-refractivity contribution in [3.05, 3.63) is 101 Å². The summed E-state index contributed by atoms with van der Waals surface area (Å²) in [6.07, 6.45) is 5.57. The van der Waals surface area contributed by atoms with Crippen LogP contribution in [0, 0.1) is 24.2 Å². The molecule has 0 fully saturated rings. The van der Waals surface area contributed by atoms with Crippen LogP contribution >= 0.6 is 0 Å². The number of nitrogens with one attached hydrogen (secondary N) is 4. The maximum Gasteiger partial charge on any atom is 0.416 e. The molecule has 0 saturated heterocycles. The average Bonchev–Trinajstić information content (AvgIpc) is 3.37. The Labute approximate surface area is 235 Å². The fraction of sp³-hybridized carbons (Fsp3) is 0.233. The number of imidazole rings is 1. The molecule has 11 heteroatoms. The number of anilines is 1. The van der Waals surface area contributed by atoms with Gasteiger partial charge in [-0.3, -0.25) is 9.20 Å². The molecule has 4 rings (SSSR count). The third-order valence-corrected chi connectivity index (χ3v) is 6.22. The van der Waals surface area contributed by atoms with Gasteiger partial charge in [-0.1, -0.05) is 24.1 Å². The van der Waals surface area contributed by atoms with Crippen LogP contribution in [0.25, 0.3) is 5.65 Å². The number of carbonyl (C=O) groups is 1. The first kappa shape index (κ1) is 29.2. The number of hydrogen-bond donors (Lipinski definition) is 4. The first-order valence-corrected chi connectivity index (χ1v) is 12.7. The summed E-state index contributed by atoms with van der Waals surface area (Å²) in [6.45, 7) is 2.99. The third kappa shape index (κ3) is 7.43. The van der Waals surface area contributed by atoms with E-state index in [2.05, 4.69) is 32.8 Å². The number of fused-ring (bicyclic) bond motifs is 1. The summed E-state index contributed by atoms with van der Waals surface area (Å²) in [5.74, 6) is 5.71. The van der Waals surface area contributed by atoms with Crippen LogP contribution in [0.1, 0.15) is 33.6 Å². The Morgan fingerprint density at radius 1 is 1.29 bits per heavy atom. The predicted octanol–water partition coefficient (Wildman–Crippen LogP) is 4.73. The topological polar surface area (TPSA) is 104 Å². The van der Waals surface area contributed by atoms with Crippen LogP contribution in [-0.4, -0.2) is 54.0 Å². The predicted molar refractivity (Wildman–Crippen MR) is 152 cm³/mol. The highest BCUT2D eigenvalue weighted by molar-refractivity contribution is 5.95. The monoisotopic (exact) mass is 562 g/mol. The molecular weight excluding hydrogens is 533 g/mol. The van der Waals surface area contributed by atoms with Gasteiger partial charge in [-0.15, -0.1) is 0 Å². The van der Waals surface area contributed by atoms with Gasteiger partial charge in [0, 0.05) is 43.4 Å². The average molecular weight is 563 g/mol. The fourth-order valence-electron chi connectivity index (χ4n) is 4.07. The zero-order valence-electron chi connectivity index (χ0n) is 22.5. The van der Waals surface area contributed by atoms with Crippen molar-refractivity contribution < 1.29 is 22.7 Å². The quantitative estimate of drug-likeness (QED) is 0.172. The van der Waals surface area contributed by atoms with E-state index in [4.69, 9.17) is 10.1 Å². The summed E-state index contributed by atoms with van der Waals surface area (Å²) in [5.41, 5.74) is 3.39. The Morgan fingerprint density at radius 3 is 2.88 bits per heavy atom. The second-order valence-corrected chi connectivity index (χ2v) is 9.19. The third-order valence-electron chi connectivity index (χ3n) is 6.22. The molecule has 1 aromatic carbocycles. The number of aryl methyl sites for hydroxylation is 1. The number of rotatable bonds is 9. The van der Waals surface area contributed by atoms with Crippen LogP contribution in [0.2, 0.25) is 0 Å². The number of hydrogen-bond acceptors (Lipinski definition) is 6. The molecule has 0 radical (unpaired) electrons. The summed E-state index contributed by atoms with van der Waals surface area (Å²) in [4.78, 5) is 17.3. The van der Waals surface area contributed by atoms with E-state index in [9.17, 15) is 18.0 Å². The van der Waals surface area contributed by atoms with Crippen LogP contribution in [0.3, 0.4) is 0 Å². The Balaban J connectivity index is 1.52. The lowest BCUT2D eigenvalue weighted by Gasteiger charge is -2.19. The molecule has 0 bridgehead atoms. The van der Waals surface area contributed by atoms with E-state index in [1.165, 1.54) is 12.3 Å². The van der Waals surface area contributed by atoms with Crippen molar-refractivity contribution in [2.75, 3.05) is 25.6 Å². The van der Waals surface area contributed by atoms with Crippen LogP contribution < -0.4 is 16.0 Å². The second kappa shape index (κ2) is 13.0. The molecule has 212 valence electrons. The van der Waals surface area contributed by atoms with E-state index in [-0.39, 0.29) is 6.42 Å². The number of methoxy groups -OCH3 is 1. The lowest BCUT2D eigenvalue weighted by atomic mass is 10.0. The number of amides is 1. The Kier molecular flexibility index (Phi) is 9.26. The zero-order chi connectivity index (χ0) is 29.4. The van der Waals surface area contributed by atoms with Gasteiger partial charge >= 0.3 is 6.18 Å². The molecule has 8 nitrogen and oxygen atoms in total. The summed E-state index contributed by atoms with van der Waals surface area (Å²) in [6, 6.07) is 7.90. The van der Waals surface area contributed by atoms with E-state index in [1.807, 2.05) is 29.7 Å². The molecule has 1 aliphatic carbocycles. The summed E-state index contributed by atoms with van der Waals surface area (Å²) in [7, 11) is 1.61. The van der Waals surface area contributed by atoms with Crippen LogP contribution in [0.15, 0.2) is 78.4 Å². The lowest BCUT2D eigenvalue weighted by Crippen LogP contribution is -2.35. The van der Waals surface area contributed by atoms with Gasteiger partial charge in [0.05, 0.1) is 35.8 Å². The van der Waals surface area contributed by atoms with Crippen molar-refractivity contribution >= 4 is 23.5 Å². The number of nitrogens with zero attached hydrogens (tertiary/aromatic N) is 2. The maximum absolute atomic E-state index is 13.1. The standard InChI is InChI=1S/C30H29F3N6O2/c1-20-8-9-22(29(40)38-24-6-3-5-23(16-24)30(31,32)33)15-21(20)10-11-26-19-36-28-27(7-4-13-39(26)28)37-25(17-34)18-35-12-14-41-2/h3-5,7-9,13,15-19,24,34-35,37H,6,12,14H2,1-2H3,(H,38,40)/b25-18+,34-17?. The van der Waals surface area contributed by atoms with Crippen molar-refractivity contribution in [1.82, 2.24) is 20.0 Å². The highest BCUT2D eigenvalue weighted by Gasteiger charge is 2.33. The first-order valence-electron chi connectivity index (χ1n) is 12.7. The van der Waals surface area contributed by atoms with Gasteiger partial charge in [-0.2, -0.15) is 13.2 Å². The number of pyridine rings is 1. The van der Waals surface area contributed by atoms with Gasteiger partial charge in [-0.25, -0.2) is 4.98 Å². The normalized spacial score (nSPS) is 15.1. The van der Waals surface area contributed by atoms with Gasteiger partial charge in [0.25, 0.3) is 5.91 Å². The molecule has 0 saturated carbocycles. The molecule has 4 N–H and O–H groups in total. The van der Waals surface area contributed by atoms with Crippen molar-refractivity contribution in [1.29, 1.82) is 5.41 Å². The van der Waals surface area contributed by atoms with E-state index in [0.717, 1.165) is 17.7 Å². The molecule has 1 amide bonds. The van der Waals surface area contributed by atoms with Crippen molar-refractivity contribution in [2.45, 2.75) is 25.6 Å². The van der Waals surface area contributed by atoms with Gasteiger partial charge in [0.15, 0.2) is 5.65 Å². The molecule has 2 heterocycles. The Bertz CT molecular complexity index is 1590. The van der Waals surface area contributed by atoms with Gasteiger partial charge < -0.3 is 26.1 Å². The van der Waals surface area contributed by atoms with E-state index >= 15 is 0 Å². The molecule has 3 aromatic rings. The number of benzene rings is 1. The largest absolute Gasteiger partial charge is 0.416 e. The smallest absolute Gasteiger partial charge is 0.387 e. The van der Waals surface area contributed by atoms with E-state index in [0.29, 0.717) is 47.0 Å². The number of allylic oxidation sites excluding steroid dienone is 3. The van der Waals surface area contributed by atoms with Crippen molar-refractivity contribution in [3.8, 4) is 11.8 Å². The number of aromatic nitrogens is 2. The van der Waals surface area contributed by atoms with Gasteiger partial charge in [0.2, 0.25) is 0 Å². The van der Waals surface area contributed by atoms with E-state index in [1.54, 1.807) is 37.7 Å². The molecule has 1 unspecified atom stereocenters. The van der Waals surface area contributed by atoms with Crippen molar-refractivity contribution in [3.63, 3.8) is 0 Å².